The standard InChI is InChI=1S/C26H22N2O4/c1-31-18-12-10-17(11-13-18)16-32-24(15-29)26(20-7-3-5-9-23(20)28-25(26)30)21-14-27-22-8-4-2-6-19(21)22/h2-15,24,27H,16H2,1H3,(H,28,30)/t24-,26-/m1/s1. The number of carbonyl (C=O) groups is 2. The first-order valence-corrected chi connectivity index (χ1v) is 10.4. The fourth-order valence-electron chi connectivity index (χ4n) is 4.55. The number of amides is 1. The number of carbonyl (C=O) groups excluding carboxylic acids is 2. The maximum Gasteiger partial charge on any atom is 0.242 e. The molecule has 0 unspecified atom stereocenters. The largest absolute Gasteiger partial charge is 0.497 e. The first kappa shape index (κ1) is 20.0. The van der Waals surface area contributed by atoms with E-state index in [1.807, 2.05) is 72.8 Å². The molecular formula is C26H22N2O4. The van der Waals surface area contributed by atoms with E-state index in [1.54, 1.807) is 13.3 Å². The van der Waals surface area contributed by atoms with Gasteiger partial charge in [0.25, 0.3) is 0 Å². The Morgan fingerprint density at radius 3 is 2.50 bits per heavy atom. The molecule has 1 aliphatic rings. The van der Waals surface area contributed by atoms with Gasteiger partial charge in [-0.05, 0) is 35.4 Å². The number of nitrogens with one attached hydrogen (secondary N) is 2. The van der Waals surface area contributed by atoms with Crippen LogP contribution in [0.4, 0.5) is 5.69 Å². The van der Waals surface area contributed by atoms with E-state index in [0.29, 0.717) is 11.3 Å². The molecule has 160 valence electrons. The van der Waals surface area contributed by atoms with Gasteiger partial charge in [-0.1, -0.05) is 48.5 Å². The highest BCUT2D eigenvalue weighted by Gasteiger charge is 2.55. The van der Waals surface area contributed by atoms with Crippen molar-refractivity contribution in [1.29, 1.82) is 0 Å². The van der Waals surface area contributed by atoms with E-state index in [1.165, 1.54) is 0 Å². The average molecular weight is 426 g/mol. The molecule has 3 aromatic carbocycles. The number of H-pyrrole nitrogens is 1. The predicted molar refractivity (Wildman–Crippen MR) is 122 cm³/mol. The second-order valence-electron chi connectivity index (χ2n) is 7.77. The topological polar surface area (TPSA) is 80.4 Å². The molecule has 0 fully saturated rings. The third kappa shape index (κ3) is 2.99. The molecule has 32 heavy (non-hydrogen) atoms. The van der Waals surface area contributed by atoms with Crippen LogP contribution in [0.15, 0.2) is 79.0 Å². The van der Waals surface area contributed by atoms with Crippen molar-refractivity contribution in [2.75, 3.05) is 12.4 Å². The van der Waals surface area contributed by atoms with E-state index in [2.05, 4.69) is 10.3 Å². The van der Waals surface area contributed by atoms with Crippen LogP contribution in [0.2, 0.25) is 0 Å². The highest BCUT2D eigenvalue weighted by atomic mass is 16.5. The molecule has 1 amide bonds. The molecule has 1 aliphatic heterocycles. The van der Waals surface area contributed by atoms with Crippen LogP contribution < -0.4 is 10.1 Å². The molecule has 2 N–H and O–H groups in total. The molecule has 1 aromatic heterocycles. The lowest BCUT2D eigenvalue weighted by molar-refractivity contribution is -0.133. The highest BCUT2D eigenvalue weighted by Crippen LogP contribution is 2.48. The maximum atomic E-state index is 13.6. The minimum atomic E-state index is -1.32. The van der Waals surface area contributed by atoms with Crippen LogP contribution >= 0.6 is 0 Å². The molecule has 6 nitrogen and oxygen atoms in total. The number of fused-ring (bicyclic) bond motifs is 2. The van der Waals surface area contributed by atoms with E-state index in [4.69, 9.17) is 9.47 Å². The van der Waals surface area contributed by atoms with Gasteiger partial charge >= 0.3 is 0 Å². The summed E-state index contributed by atoms with van der Waals surface area (Å²) in [4.78, 5) is 29.3. The second-order valence-corrected chi connectivity index (χ2v) is 7.77. The van der Waals surface area contributed by atoms with E-state index in [0.717, 1.165) is 34.1 Å². The summed E-state index contributed by atoms with van der Waals surface area (Å²) in [6.07, 6.45) is 1.50. The van der Waals surface area contributed by atoms with Crippen molar-refractivity contribution < 1.29 is 19.1 Å². The smallest absolute Gasteiger partial charge is 0.242 e. The van der Waals surface area contributed by atoms with Gasteiger partial charge in [-0.2, -0.15) is 0 Å². The molecule has 0 aliphatic carbocycles. The number of rotatable bonds is 7. The van der Waals surface area contributed by atoms with Crippen LogP contribution in [0.5, 0.6) is 5.75 Å². The molecule has 6 heteroatoms. The van der Waals surface area contributed by atoms with Crippen molar-refractivity contribution in [1.82, 2.24) is 4.98 Å². The normalized spacial score (nSPS) is 18.2. The van der Waals surface area contributed by atoms with Gasteiger partial charge in [-0.25, -0.2) is 0 Å². The average Bonchev–Trinajstić information content (AvgIpc) is 3.39. The van der Waals surface area contributed by atoms with Crippen molar-refractivity contribution in [3.63, 3.8) is 0 Å². The minimum Gasteiger partial charge on any atom is -0.497 e. The molecule has 0 saturated carbocycles. The summed E-state index contributed by atoms with van der Waals surface area (Å²) in [5, 5.41) is 3.84. The molecule has 0 saturated heterocycles. The van der Waals surface area contributed by atoms with Crippen LogP contribution in [0.25, 0.3) is 10.9 Å². The van der Waals surface area contributed by atoms with Gasteiger partial charge in [0.15, 0.2) is 6.29 Å². The quantitative estimate of drug-likeness (QED) is 0.434. The number of para-hydroxylation sites is 2. The molecule has 5 rings (SSSR count). The predicted octanol–water partition coefficient (Wildman–Crippen LogP) is 4.20. The van der Waals surface area contributed by atoms with Crippen LogP contribution in [-0.2, 0) is 26.3 Å². The number of hydrogen-bond acceptors (Lipinski definition) is 4. The molecule has 0 spiro atoms. The van der Waals surface area contributed by atoms with E-state index < -0.39 is 11.5 Å². The van der Waals surface area contributed by atoms with Crippen LogP contribution in [0.1, 0.15) is 16.7 Å². The lowest BCUT2D eigenvalue weighted by Gasteiger charge is -2.32. The zero-order valence-corrected chi connectivity index (χ0v) is 17.5. The molecule has 2 heterocycles. The van der Waals surface area contributed by atoms with Crippen molar-refractivity contribution in [2.45, 2.75) is 18.1 Å². The summed E-state index contributed by atoms with van der Waals surface area (Å²) < 4.78 is 11.4. The lowest BCUT2D eigenvalue weighted by atomic mass is 9.71. The van der Waals surface area contributed by atoms with E-state index in [-0.39, 0.29) is 12.5 Å². The van der Waals surface area contributed by atoms with Gasteiger partial charge in [0.2, 0.25) is 5.91 Å². The Morgan fingerprint density at radius 1 is 0.969 bits per heavy atom. The van der Waals surface area contributed by atoms with Crippen LogP contribution in [0.3, 0.4) is 0 Å². The number of ether oxygens (including phenoxy) is 2. The molecule has 2 atom stereocenters. The second kappa shape index (κ2) is 7.98. The summed E-state index contributed by atoms with van der Waals surface area (Å²) >= 11 is 0. The first-order valence-electron chi connectivity index (χ1n) is 10.4. The monoisotopic (exact) mass is 426 g/mol. The number of benzene rings is 3. The Labute approximate surface area is 185 Å². The summed E-state index contributed by atoms with van der Waals surface area (Å²) in [5.74, 6) is 0.454. The van der Waals surface area contributed by atoms with Crippen LogP contribution in [0, 0.1) is 0 Å². The SMILES string of the molecule is COc1ccc(CO[C@H](C=O)[C@@]2(c3c[nH]c4ccccc34)C(=O)Nc3ccccc32)cc1. The number of aldehydes is 1. The van der Waals surface area contributed by atoms with Crippen LogP contribution in [-0.4, -0.2) is 30.4 Å². The van der Waals surface area contributed by atoms with Crippen molar-refractivity contribution in [3.8, 4) is 5.75 Å². The van der Waals surface area contributed by atoms with Crippen molar-refractivity contribution in [3.05, 3.63) is 95.7 Å². The van der Waals surface area contributed by atoms with Gasteiger partial charge in [0.1, 0.15) is 17.3 Å². The summed E-state index contributed by atoms with van der Waals surface area (Å²) in [7, 11) is 1.61. The Kier molecular flexibility index (Phi) is 4.99. The van der Waals surface area contributed by atoms with E-state index in [9.17, 15) is 9.59 Å². The Balaban J connectivity index is 1.62. The van der Waals surface area contributed by atoms with Gasteiger partial charge in [0.05, 0.1) is 13.7 Å². The highest BCUT2D eigenvalue weighted by molar-refractivity contribution is 6.13. The van der Waals surface area contributed by atoms with Gasteiger partial charge in [-0.15, -0.1) is 0 Å². The number of aromatic nitrogens is 1. The number of aromatic amines is 1. The Morgan fingerprint density at radius 2 is 1.72 bits per heavy atom. The van der Waals surface area contributed by atoms with E-state index >= 15 is 0 Å². The van der Waals surface area contributed by atoms with Gasteiger partial charge in [0, 0.05) is 28.4 Å². The van der Waals surface area contributed by atoms with Gasteiger partial charge < -0.3 is 24.6 Å². The molecule has 4 aromatic rings. The number of anilines is 1. The Hall–Kier alpha value is -3.90. The van der Waals surface area contributed by atoms with Gasteiger partial charge in [-0.3, -0.25) is 4.79 Å². The first-order chi connectivity index (χ1) is 15.7. The minimum absolute atomic E-state index is 0.174. The van der Waals surface area contributed by atoms with Crippen molar-refractivity contribution in [2.24, 2.45) is 0 Å². The zero-order chi connectivity index (χ0) is 22.1. The third-order valence-electron chi connectivity index (χ3n) is 6.11. The summed E-state index contributed by atoms with van der Waals surface area (Å²) in [5.41, 5.74) is 2.56. The fourth-order valence-corrected chi connectivity index (χ4v) is 4.55. The zero-order valence-electron chi connectivity index (χ0n) is 17.5. The fraction of sp³-hybridized carbons (Fsp3) is 0.154. The molecule has 0 bridgehead atoms. The Bertz CT molecular complexity index is 1290. The summed E-state index contributed by atoms with van der Waals surface area (Å²) in [6.45, 7) is 0.174. The van der Waals surface area contributed by atoms with Crippen molar-refractivity contribution >= 4 is 28.8 Å². The molecular weight excluding hydrogens is 404 g/mol. The number of hydrogen-bond donors (Lipinski definition) is 2. The maximum absolute atomic E-state index is 13.6. The molecule has 0 radical (unpaired) electrons. The lowest BCUT2D eigenvalue weighted by Crippen LogP contribution is -2.48. The number of methoxy groups -OCH3 is 1. The summed E-state index contributed by atoms with van der Waals surface area (Å²) in [6, 6.07) is 22.6. The third-order valence-corrected chi connectivity index (χ3v) is 6.11.